The third-order valence-corrected chi connectivity index (χ3v) is 6.69. The van der Waals surface area contributed by atoms with Crippen LogP contribution < -0.4 is 20.6 Å². The van der Waals surface area contributed by atoms with Crippen molar-refractivity contribution >= 4 is 28.1 Å². The molecule has 0 bridgehead atoms. The summed E-state index contributed by atoms with van der Waals surface area (Å²) in [6.07, 6.45) is 1.40. The Balaban J connectivity index is 1.69. The summed E-state index contributed by atoms with van der Waals surface area (Å²) in [5.74, 6) is -0.224. The van der Waals surface area contributed by atoms with Crippen molar-refractivity contribution in [1.29, 1.82) is 0 Å². The number of primary amides is 1. The highest BCUT2D eigenvalue weighted by Crippen LogP contribution is 2.21. The SMILES string of the molecule is COc1ccc(S(=O)(=O)N(CC(=O)N/N=C\c2ccc(OCC(N)=O)cc2)Cc2ccccc2)cc1. The van der Waals surface area contributed by atoms with Gasteiger partial charge in [0.25, 0.3) is 11.8 Å². The first kappa shape index (κ1) is 26.4. The largest absolute Gasteiger partial charge is 0.497 e. The third-order valence-electron chi connectivity index (χ3n) is 4.88. The molecule has 0 saturated carbocycles. The molecule has 0 aromatic heterocycles. The molecule has 11 heteroatoms. The van der Waals surface area contributed by atoms with Crippen molar-refractivity contribution in [3.05, 3.63) is 90.0 Å². The minimum absolute atomic E-state index is 0.000891. The summed E-state index contributed by atoms with van der Waals surface area (Å²) in [6, 6.07) is 21.5. The van der Waals surface area contributed by atoms with Crippen LogP contribution in [0.5, 0.6) is 11.5 Å². The number of sulfonamides is 1. The first-order valence-corrected chi connectivity index (χ1v) is 12.2. The predicted molar refractivity (Wildman–Crippen MR) is 134 cm³/mol. The summed E-state index contributed by atoms with van der Waals surface area (Å²) in [5.41, 5.74) is 8.77. The molecule has 2 amide bonds. The topological polar surface area (TPSA) is 140 Å². The lowest BCUT2D eigenvalue weighted by molar-refractivity contribution is -0.121. The van der Waals surface area contributed by atoms with Crippen molar-refractivity contribution in [3.63, 3.8) is 0 Å². The normalized spacial score (nSPS) is 11.4. The standard InChI is InChI=1S/C25H26N4O6S/c1-34-21-11-13-23(14-12-21)36(32,33)29(16-20-5-3-2-4-6-20)17-25(31)28-27-15-19-7-9-22(10-8-19)35-18-24(26)30/h2-15H,16-18H2,1H3,(H2,26,30)(H,28,31)/b27-15-. The first-order chi connectivity index (χ1) is 17.3. The highest BCUT2D eigenvalue weighted by molar-refractivity contribution is 7.89. The van der Waals surface area contributed by atoms with Crippen molar-refractivity contribution in [2.24, 2.45) is 10.8 Å². The van der Waals surface area contributed by atoms with Gasteiger partial charge in [0.2, 0.25) is 10.0 Å². The molecule has 0 aliphatic rings. The number of amides is 2. The van der Waals surface area contributed by atoms with Crippen LogP contribution in [0.25, 0.3) is 0 Å². The first-order valence-electron chi connectivity index (χ1n) is 10.8. The molecule has 3 rings (SSSR count). The van der Waals surface area contributed by atoms with Crippen LogP contribution in [0.4, 0.5) is 0 Å². The average Bonchev–Trinajstić information content (AvgIpc) is 2.88. The van der Waals surface area contributed by atoms with Gasteiger partial charge in [-0.2, -0.15) is 9.41 Å². The summed E-state index contributed by atoms with van der Waals surface area (Å²) in [5, 5.41) is 3.91. The van der Waals surface area contributed by atoms with Crippen molar-refractivity contribution < 1.29 is 27.5 Å². The number of carbonyl (C=O) groups excluding carboxylic acids is 2. The molecule has 0 radical (unpaired) electrons. The maximum Gasteiger partial charge on any atom is 0.255 e. The fourth-order valence-corrected chi connectivity index (χ4v) is 4.47. The molecule has 3 aromatic carbocycles. The Morgan fingerprint density at radius 3 is 2.22 bits per heavy atom. The van der Waals surface area contributed by atoms with Crippen LogP contribution in [0.3, 0.4) is 0 Å². The summed E-state index contributed by atoms with van der Waals surface area (Å²) in [7, 11) is -2.51. The van der Waals surface area contributed by atoms with E-state index in [9.17, 15) is 18.0 Å². The number of nitrogens with two attached hydrogens (primary N) is 1. The molecule has 0 saturated heterocycles. The fraction of sp³-hybridized carbons (Fsp3) is 0.160. The zero-order valence-corrected chi connectivity index (χ0v) is 20.4. The number of hydrogen-bond acceptors (Lipinski definition) is 7. The van der Waals surface area contributed by atoms with E-state index in [1.165, 1.54) is 25.5 Å². The fourth-order valence-electron chi connectivity index (χ4n) is 3.09. The molecule has 3 aromatic rings. The van der Waals surface area contributed by atoms with Gasteiger partial charge in [0, 0.05) is 6.54 Å². The van der Waals surface area contributed by atoms with Gasteiger partial charge >= 0.3 is 0 Å². The van der Waals surface area contributed by atoms with Crippen LogP contribution in [-0.2, 0) is 26.2 Å². The van der Waals surface area contributed by atoms with E-state index in [-0.39, 0.29) is 18.0 Å². The molecular formula is C25H26N4O6S. The van der Waals surface area contributed by atoms with E-state index < -0.39 is 28.4 Å². The number of methoxy groups -OCH3 is 1. The van der Waals surface area contributed by atoms with Crippen LogP contribution in [0.2, 0.25) is 0 Å². The maximum absolute atomic E-state index is 13.3. The zero-order chi connectivity index (χ0) is 26.0. The van der Waals surface area contributed by atoms with Crippen molar-refractivity contribution in [3.8, 4) is 11.5 Å². The van der Waals surface area contributed by atoms with Gasteiger partial charge in [-0.05, 0) is 59.7 Å². The lowest BCUT2D eigenvalue weighted by Crippen LogP contribution is -2.39. The van der Waals surface area contributed by atoms with Gasteiger partial charge in [-0.3, -0.25) is 9.59 Å². The maximum atomic E-state index is 13.3. The Morgan fingerprint density at radius 1 is 0.972 bits per heavy atom. The van der Waals surface area contributed by atoms with E-state index >= 15 is 0 Å². The summed E-state index contributed by atoms with van der Waals surface area (Å²) >= 11 is 0. The number of hydrogen-bond donors (Lipinski definition) is 2. The van der Waals surface area contributed by atoms with E-state index in [1.54, 1.807) is 60.7 Å². The second kappa shape index (κ2) is 12.5. The molecule has 188 valence electrons. The van der Waals surface area contributed by atoms with Crippen LogP contribution >= 0.6 is 0 Å². The molecule has 36 heavy (non-hydrogen) atoms. The van der Waals surface area contributed by atoms with Gasteiger partial charge in [0.15, 0.2) is 6.61 Å². The van der Waals surface area contributed by atoms with E-state index in [4.69, 9.17) is 15.2 Å². The molecule has 0 aliphatic carbocycles. The van der Waals surface area contributed by atoms with Crippen molar-refractivity contribution in [1.82, 2.24) is 9.73 Å². The van der Waals surface area contributed by atoms with Crippen LogP contribution in [-0.4, -0.2) is 51.0 Å². The Bertz CT molecular complexity index is 1290. The summed E-state index contributed by atoms with van der Waals surface area (Å²) in [6.45, 7) is -0.679. The Morgan fingerprint density at radius 2 is 1.61 bits per heavy atom. The van der Waals surface area contributed by atoms with Crippen molar-refractivity contribution in [2.45, 2.75) is 11.4 Å². The van der Waals surface area contributed by atoms with Crippen LogP contribution in [0.15, 0.2) is 88.9 Å². The van der Waals surface area contributed by atoms with Crippen molar-refractivity contribution in [2.75, 3.05) is 20.3 Å². The number of ether oxygens (including phenoxy) is 2. The minimum atomic E-state index is -3.99. The van der Waals surface area contributed by atoms with Gasteiger partial charge in [-0.25, -0.2) is 13.8 Å². The van der Waals surface area contributed by atoms with E-state index in [0.717, 1.165) is 9.87 Å². The molecule has 0 aliphatic heterocycles. The molecular weight excluding hydrogens is 484 g/mol. The summed E-state index contributed by atoms with van der Waals surface area (Å²) < 4.78 is 38.0. The van der Waals surface area contributed by atoms with Crippen LogP contribution in [0.1, 0.15) is 11.1 Å². The highest BCUT2D eigenvalue weighted by Gasteiger charge is 2.27. The van der Waals surface area contributed by atoms with Crippen LogP contribution in [0, 0.1) is 0 Å². The Kier molecular flexibility index (Phi) is 9.14. The van der Waals surface area contributed by atoms with E-state index in [1.807, 2.05) is 6.07 Å². The van der Waals surface area contributed by atoms with Gasteiger partial charge < -0.3 is 15.2 Å². The quantitative estimate of drug-likeness (QED) is 0.282. The zero-order valence-electron chi connectivity index (χ0n) is 19.5. The minimum Gasteiger partial charge on any atom is -0.497 e. The highest BCUT2D eigenvalue weighted by atomic mass is 32.2. The monoisotopic (exact) mass is 510 g/mol. The second-order valence-electron chi connectivity index (χ2n) is 7.55. The van der Waals surface area contributed by atoms with Gasteiger partial charge in [-0.1, -0.05) is 30.3 Å². The smallest absolute Gasteiger partial charge is 0.255 e. The molecule has 10 nitrogen and oxygen atoms in total. The predicted octanol–water partition coefficient (Wildman–Crippen LogP) is 1.90. The van der Waals surface area contributed by atoms with Gasteiger partial charge in [0.1, 0.15) is 11.5 Å². The number of nitrogens with zero attached hydrogens (tertiary/aromatic N) is 2. The summed E-state index contributed by atoms with van der Waals surface area (Å²) in [4.78, 5) is 23.4. The lowest BCUT2D eigenvalue weighted by Gasteiger charge is -2.21. The van der Waals surface area contributed by atoms with E-state index in [2.05, 4.69) is 10.5 Å². The second-order valence-corrected chi connectivity index (χ2v) is 9.49. The number of hydrazone groups is 1. The molecule has 0 fully saturated rings. The number of carbonyl (C=O) groups is 2. The molecule has 0 atom stereocenters. The molecule has 0 heterocycles. The van der Waals surface area contributed by atoms with Gasteiger partial charge in [-0.15, -0.1) is 0 Å². The number of rotatable bonds is 12. The van der Waals surface area contributed by atoms with E-state index in [0.29, 0.717) is 17.1 Å². The van der Waals surface area contributed by atoms with Gasteiger partial charge in [0.05, 0.1) is 24.8 Å². The third kappa shape index (κ3) is 7.65. The lowest BCUT2D eigenvalue weighted by atomic mass is 10.2. The molecule has 0 spiro atoms. The molecule has 0 unspecified atom stereocenters. The Hall–Kier alpha value is -4.22. The number of benzene rings is 3. The molecule has 3 N–H and O–H groups in total. The number of nitrogens with one attached hydrogen (secondary N) is 1. The Labute approximate surface area is 209 Å². The average molecular weight is 511 g/mol.